The maximum atomic E-state index is 10.8. The minimum Gasteiger partial charge on any atom is -0.384 e. The molecular formula is C10H15NO2. The van der Waals surface area contributed by atoms with Crippen molar-refractivity contribution < 1.29 is 4.52 Å². The van der Waals surface area contributed by atoms with Gasteiger partial charge in [0, 0.05) is 12.5 Å². The summed E-state index contributed by atoms with van der Waals surface area (Å²) in [5.41, 5.74) is -0.120. The highest BCUT2D eigenvalue weighted by Crippen LogP contribution is 2.26. The van der Waals surface area contributed by atoms with Gasteiger partial charge in [-0.2, -0.15) is 5.16 Å². The van der Waals surface area contributed by atoms with Crippen molar-refractivity contribution in [1.29, 1.82) is 0 Å². The van der Waals surface area contributed by atoms with Crippen LogP contribution in [0.4, 0.5) is 0 Å². The van der Waals surface area contributed by atoms with Crippen molar-refractivity contribution in [1.82, 2.24) is 5.16 Å². The summed E-state index contributed by atoms with van der Waals surface area (Å²) >= 11 is 0. The molecule has 1 aliphatic rings. The highest BCUT2D eigenvalue weighted by Gasteiger charge is 2.15. The molecule has 1 aromatic rings. The van der Waals surface area contributed by atoms with Gasteiger partial charge in [-0.1, -0.05) is 32.1 Å². The molecule has 1 aliphatic carbocycles. The number of rotatable bonds is 2. The fourth-order valence-corrected chi connectivity index (χ4v) is 2.10. The average molecular weight is 181 g/mol. The van der Waals surface area contributed by atoms with Crippen molar-refractivity contribution in [2.24, 2.45) is 5.92 Å². The number of aromatic nitrogens is 1. The molecule has 1 aromatic heterocycles. The summed E-state index contributed by atoms with van der Waals surface area (Å²) < 4.78 is 5.03. The topological polar surface area (TPSA) is 46.0 Å². The Balaban J connectivity index is 1.93. The summed E-state index contributed by atoms with van der Waals surface area (Å²) in [7, 11) is 0. The van der Waals surface area contributed by atoms with Crippen LogP contribution in [0.25, 0.3) is 0 Å². The molecule has 1 heterocycles. The van der Waals surface area contributed by atoms with Crippen molar-refractivity contribution in [3.05, 3.63) is 22.2 Å². The zero-order chi connectivity index (χ0) is 9.10. The van der Waals surface area contributed by atoms with E-state index in [1.165, 1.54) is 32.1 Å². The van der Waals surface area contributed by atoms with E-state index in [0.717, 1.165) is 18.1 Å². The second-order valence-electron chi connectivity index (χ2n) is 3.89. The van der Waals surface area contributed by atoms with E-state index in [-0.39, 0.29) is 5.56 Å². The summed E-state index contributed by atoms with van der Waals surface area (Å²) in [5.74, 6) is 1.55. The van der Waals surface area contributed by atoms with Crippen molar-refractivity contribution in [3.8, 4) is 0 Å². The molecule has 0 spiro atoms. The summed E-state index contributed by atoms with van der Waals surface area (Å²) in [4.78, 5) is 10.8. The van der Waals surface area contributed by atoms with E-state index in [4.69, 9.17) is 4.52 Å². The Kier molecular flexibility index (Phi) is 2.52. The highest BCUT2D eigenvalue weighted by atomic mass is 16.5. The number of H-pyrrole nitrogens is 1. The number of nitrogens with one attached hydrogen (secondary N) is 1. The Hall–Kier alpha value is -0.990. The van der Waals surface area contributed by atoms with Gasteiger partial charge in [0.1, 0.15) is 5.76 Å². The van der Waals surface area contributed by atoms with E-state index in [1.54, 1.807) is 6.07 Å². The minimum absolute atomic E-state index is 0.120. The van der Waals surface area contributed by atoms with Crippen molar-refractivity contribution >= 4 is 0 Å². The first-order valence-corrected chi connectivity index (χ1v) is 5.02. The SMILES string of the molecule is O=c1cc(CC2CCCCC2)o[nH]1. The monoisotopic (exact) mass is 181 g/mol. The molecular weight excluding hydrogens is 166 g/mol. The summed E-state index contributed by atoms with van der Waals surface area (Å²) in [6.07, 6.45) is 7.54. The van der Waals surface area contributed by atoms with Crippen molar-refractivity contribution in [3.63, 3.8) is 0 Å². The number of aromatic amines is 1. The van der Waals surface area contributed by atoms with Crippen LogP contribution >= 0.6 is 0 Å². The van der Waals surface area contributed by atoms with Crippen LogP contribution in [0.5, 0.6) is 0 Å². The summed E-state index contributed by atoms with van der Waals surface area (Å²) in [5, 5.41) is 2.33. The second-order valence-corrected chi connectivity index (χ2v) is 3.89. The molecule has 1 N–H and O–H groups in total. The molecule has 13 heavy (non-hydrogen) atoms. The quantitative estimate of drug-likeness (QED) is 0.759. The Morgan fingerprint density at radius 1 is 1.38 bits per heavy atom. The molecule has 2 rings (SSSR count). The van der Waals surface area contributed by atoms with Crippen LogP contribution in [0.3, 0.4) is 0 Å². The molecule has 0 aliphatic heterocycles. The molecule has 0 saturated heterocycles. The maximum Gasteiger partial charge on any atom is 0.280 e. The van der Waals surface area contributed by atoms with Gasteiger partial charge in [0.05, 0.1) is 0 Å². The Labute approximate surface area is 77.1 Å². The van der Waals surface area contributed by atoms with Crippen molar-refractivity contribution in [2.75, 3.05) is 0 Å². The van der Waals surface area contributed by atoms with Gasteiger partial charge >= 0.3 is 0 Å². The third-order valence-corrected chi connectivity index (χ3v) is 2.79. The van der Waals surface area contributed by atoms with Crippen LogP contribution in [0.1, 0.15) is 37.9 Å². The van der Waals surface area contributed by atoms with E-state index >= 15 is 0 Å². The third kappa shape index (κ3) is 2.23. The minimum atomic E-state index is -0.120. The Morgan fingerprint density at radius 2 is 2.15 bits per heavy atom. The van der Waals surface area contributed by atoms with E-state index in [9.17, 15) is 4.79 Å². The van der Waals surface area contributed by atoms with Gasteiger partial charge in [-0.25, -0.2) is 0 Å². The standard InChI is InChI=1S/C10H15NO2/c12-10-7-9(13-11-10)6-8-4-2-1-3-5-8/h7-8H,1-6H2,(H,11,12). The fraction of sp³-hybridized carbons (Fsp3) is 0.700. The lowest BCUT2D eigenvalue weighted by Gasteiger charge is -2.19. The van der Waals surface area contributed by atoms with E-state index in [1.807, 2.05) is 0 Å². The summed E-state index contributed by atoms with van der Waals surface area (Å²) in [6, 6.07) is 1.56. The Morgan fingerprint density at radius 3 is 2.77 bits per heavy atom. The van der Waals surface area contributed by atoms with Gasteiger partial charge in [0.2, 0.25) is 0 Å². The first-order valence-electron chi connectivity index (χ1n) is 5.02. The molecule has 0 unspecified atom stereocenters. The molecule has 72 valence electrons. The predicted molar refractivity (Wildman–Crippen MR) is 49.6 cm³/mol. The molecule has 1 fully saturated rings. The van der Waals surface area contributed by atoms with E-state index < -0.39 is 0 Å². The zero-order valence-corrected chi connectivity index (χ0v) is 7.71. The molecule has 0 amide bonds. The molecule has 0 atom stereocenters. The molecule has 0 bridgehead atoms. The highest BCUT2D eigenvalue weighted by molar-refractivity contribution is 4.95. The van der Waals surface area contributed by atoms with Gasteiger partial charge in [-0.15, -0.1) is 0 Å². The first kappa shape index (κ1) is 8.60. The lowest BCUT2D eigenvalue weighted by atomic mass is 9.86. The molecule has 0 aromatic carbocycles. The van der Waals surface area contributed by atoms with Crippen LogP contribution in [0, 0.1) is 5.92 Å². The van der Waals surface area contributed by atoms with Crippen LogP contribution < -0.4 is 5.56 Å². The van der Waals surface area contributed by atoms with Crippen molar-refractivity contribution in [2.45, 2.75) is 38.5 Å². The van der Waals surface area contributed by atoms with Gasteiger partial charge < -0.3 is 4.52 Å². The van der Waals surface area contributed by atoms with Crippen LogP contribution in [0.2, 0.25) is 0 Å². The molecule has 0 radical (unpaired) electrons. The van der Waals surface area contributed by atoms with E-state index in [2.05, 4.69) is 5.16 Å². The molecule has 3 heteroatoms. The van der Waals surface area contributed by atoms with Gasteiger partial charge in [0.25, 0.3) is 5.56 Å². The first-order chi connectivity index (χ1) is 6.34. The second kappa shape index (κ2) is 3.81. The van der Waals surface area contributed by atoms with E-state index in [0.29, 0.717) is 0 Å². The lowest BCUT2D eigenvalue weighted by molar-refractivity contribution is 0.308. The van der Waals surface area contributed by atoms with Gasteiger partial charge in [-0.05, 0) is 5.92 Å². The normalized spacial score (nSPS) is 19.1. The summed E-state index contributed by atoms with van der Waals surface area (Å²) in [6.45, 7) is 0. The third-order valence-electron chi connectivity index (χ3n) is 2.79. The lowest BCUT2D eigenvalue weighted by Crippen LogP contribution is -2.08. The van der Waals surface area contributed by atoms with Crippen LogP contribution in [-0.4, -0.2) is 5.16 Å². The largest absolute Gasteiger partial charge is 0.384 e. The number of hydrogen-bond donors (Lipinski definition) is 1. The number of hydrogen-bond acceptors (Lipinski definition) is 2. The van der Waals surface area contributed by atoms with Gasteiger partial charge in [-0.3, -0.25) is 4.79 Å². The average Bonchev–Trinajstić information content (AvgIpc) is 2.53. The fourth-order valence-electron chi connectivity index (χ4n) is 2.10. The Bertz CT molecular complexity index is 307. The zero-order valence-electron chi connectivity index (χ0n) is 7.71. The predicted octanol–water partition coefficient (Wildman–Crippen LogP) is 2.09. The molecule has 3 nitrogen and oxygen atoms in total. The van der Waals surface area contributed by atoms with Gasteiger partial charge in [0.15, 0.2) is 0 Å². The molecule has 1 saturated carbocycles. The smallest absolute Gasteiger partial charge is 0.280 e. The van der Waals surface area contributed by atoms with Crippen LogP contribution in [-0.2, 0) is 6.42 Å². The van der Waals surface area contributed by atoms with Crippen LogP contribution in [0.15, 0.2) is 15.4 Å². The maximum absolute atomic E-state index is 10.8.